The molecule has 3 nitrogen and oxygen atoms in total. The topological polar surface area (TPSA) is 42.1 Å². The minimum Gasteiger partial charge on any atom is -0.377 e. The van der Waals surface area contributed by atoms with Crippen molar-refractivity contribution in [1.29, 1.82) is 0 Å². The number of ether oxygens (including phenoxy) is 1. The van der Waals surface area contributed by atoms with Crippen LogP contribution < -0.4 is 5.56 Å². The quantitative estimate of drug-likeness (QED) is 0.908. The normalized spacial score (nSPS) is 10.9. The van der Waals surface area contributed by atoms with Crippen LogP contribution in [0.5, 0.6) is 0 Å². The molecule has 0 radical (unpaired) electrons. The van der Waals surface area contributed by atoms with Crippen LogP contribution in [0.2, 0.25) is 0 Å². The second-order valence-electron chi connectivity index (χ2n) is 5.16. The maximum Gasteiger partial charge on any atom is 0.249 e. The molecule has 1 N–H and O–H groups in total. The molecule has 0 saturated heterocycles. The Balaban J connectivity index is 2.39. The predicted molar refractivity (Wildman–Crippen MR) is 87.2 cm³/mol. The van der Waals surface area contributed by atoms with E-state index in [4.69, 9.17) is 4.74 Å². The lowest BCUT2D eigenvalue weighted by Gasteiger charge is -2.12. The minimum atomic E-state index is -0.0698. The maximum absolute atomic E-state index is 11.8. The maximum atomic E-state index is 11.8. The average Bonchev–Trinajstić information content (AvgIpc) is 2.36. The molecule has 1 aromatic carbocycles. The summed E-state index contributed by atoms with van der Waals surface area (Å²) in [5, 5.41) is 0. The van der Waals surface area contributed by atoms with Crippen LogP contribution in [0.3, 0.4) is 0 Å². The highest BCUT2D eigenvalue weighted by molar-refractivity contribution is 7.99. The van der Waals surface area contributed by atoms with Crippen molar-refractivity contribution in [3.8, 4) is 0 Å². The molecule has 0 aliphatic rings. The monoisotopic (exact) mass is 303 g/mol. The third-order valence-corrected chi connectivity index (χ3v) is 4.25. The van der Waals surface area contributed by atoms with Crippen molar-refractivity contribution in [2.75, 3.05) is 6.61 Å². The average molecular weight is 303 g/mol. The Morgan fingerprint density at radius 3 is 2.38 bits per heavy atom. The summed E-state index contributed by atoms with van der Waals surface area (Å²) in [5.41, 5.74) is 4.32. The van der Waals surface area contributed by atoms with Crippen LogP contribution in [0.1, 0.15) is 29.3 Å². The van der Waals surface area contributed by atoms with Gasteiger partial charge in [0.05, 0.1) is 6.61 Å². The smallest absolute Gasteiger partial charge is 0.249 e. The molecule has 0 fully saturated rings. The van der Waals surface area contributed by atoms with Gasteiger partial charge in [-0.05, 0) is 51.0 Å². The van der Waals surface area contributed by atoms with Crippen LogP contribution in [0.15, 0.2) is 38.9 Å². The molecule has 0 aliphatic carbocycles. The Hall–Kier alpha value is -1.52. The van der Waals surface area contributed by atoms with Gasteiger partial charge in [-0.15, -0.1) is 0 Å². The molecular formula is C17H21NO2S. The second-order valence-corrected chi connectivity index (χ2v) is 6.28. The lowest BCUT2D eigenvalue weighted by molar-refractivity contribution is 0.131. The Morgan fingerprint density at radius 1 is 1.10 bits per heavy atom. The molecule has 4 heteroatoms. The Morgan fingerprint density at radius 2 is 1.76 bits per heavy atom. The number of rotatable bonds is 5. The summed E-state index contributed by atoms with van der Waals surface area (Å²) < 4.78 is 5.53. The first kappa shape index (κ1) is 15.9. The molecule has 112 valence electrons. The summed E-state index contributed by atoms with van der Waals surface area (Å²) in [6, 6.07) is 8.08. The predicted octanol–water partition coefficient (Wildman–Crippen LogP) is 3.99. The summed E-state index contributed by atoms with van der Waals surface area (Å²) in [7, 11) is 0. The molecule has 0 aliphatic heterocycles. The highest BCUT2D eigenvalue weighted by atomic mass is 32.2. The van der Waals surface area contributed by atoms with E-state index in [0.717, 1.165) is 21.0 Å². The van der Waals surface area contributed by atoms with Crippen LogP contribution >= 0.6 is 11.8 Å². The fourth-order valence-corrected chi connectivity index (χ4v) is 3.53. The SMILES string of the molecule is CCOCc1c(Sc2cc(C)cc(C)c2)cc(=O)[nH]c1C. The second kappa shape index (κ2) is 6.96. The van der Waals surface area contributed by atoms with Crippen LogP contribution in [0, 0.1) is 20.8 Å². The number of nitrogens with one attached hydrogen (secondary N) is 1. The van der Waals surface area contributed by atoms with E-state index < -0.39 is 0 Å². The van der Waals surface area contributed by atoms with E-state index in [1.165, 1.54) is 11.1 Å². The van der Waals surface area contributed by atoms with Gasteiger partial charge < -0.3 is 9.72 Å². The molecule has 0 spiro atoms. The third kappa shape index (κ3) is 4.22. The van der Waals surface area contributed by atoms with Crippen LogP contribution in [-0.4, -0.2) is 11.6 Å². The molecule has 0 bridgehead atoms. The van der Waals surface area contributed by atoms with Gasteiger partial charge in [-0.25, -0.2) is 0 Å². The van der Waals surface area contributed by atoms with E-state index in [1.807, 2.05) is 13.8 Å². The van der Waals surface area contributed by atoms with E-state index in [2.05, 4.69) is 37.0 Å². The van der Waals surface area contributed by atoms with E-state index in [0.29, 0.717) is 13.2 Å². The van der Waals surface area contributed by atoms with Crippen LogP contribution in [0.4, 0.5) is 0 Å². The van der Waals surface area contributed by atoms with Gasteiger partial charge in [-0.3, -0.25) is 4.79 Å². The molecular weight excluding hydrogens is 282 g/mol. The summed E-state index contributed by atoms with van der Waals surface area (Å²) in [6.07, 6.45) is 0. The molecule has 0 unspecified atom stereocenters. The molecule has 0 saturated carbocycles. The lowest BCUT2D eigenvalue weighted by atomic mass is 10.2. The van der Waals surface area contributed by atoms with E-state index in [9.17, 15) is 4.79 Å². The van der Waals surface area contributed by atoms with Crippen molar-refractivity contribution in [3.63, 3.8) is 0 Å². The molecule has 2 rings (SSSR count). The van der Waals surface area contributed by atoms with Crippen LogP contribution in [0.25, 0.3) is 0 Å². The number of aromatic amines is 1. The Bertz CT molecular complexity index is 671. The van der Waals surface area contributed by atoms with Crippen LogP contribution in [-0.2, 0) is 11.3 Å². The van der Waals surface area contributed by atoms with Crippen molar-refractivity contribution in [1.82, 2.24) is 4.98 Å². The zero-order chi connectivity index (χ0) is 15.4. The molecule has 0 atom stereocenters. The van der Waals surface area contributed by atoms with Gasteiger partial charge in [0.2, 0.25) is 5.56 Å². The first-order valence-corrected chi connectivity index (χ1v) is 7.88. The summed E-state index contributed by atoms with van der Waals surface area (Å²) in [5.74, 6) is 0. The highest BCUT2D eigenvalue weighted by Gasteiger charge is 2.10. The van der Waals surface area contributed by atoms with Gasteiger partial charge in [-0.2, -0.15) is 0 Å². The van der Waals surface area contributed by atoms with E-state index in [1.54, 1.807) is 17.8 Å². The molecule has 2 aromatic rings. The molecule has 1 heterocycles. The number of pyridine rings is 1. The standard InChI is InChI=1S/C17H21NO2S/c1-5-20-10-15-13(4)18-17(19)9-16(15)21-14-7-11(2)6-12(3)8-14/h6-9H,5,10H2,1-4H3,(H,18,19). The van der Waals surface area contributed by atoms with Gasteiger partial charge in [0.15, 0.2) is 0 Å². The summed E-state index contributed by atoms with van der Waals surface area (Å²) in [6.45, 7) is 9.24. The van der Waals surface area contributed by atoms with E-state index in [-0.39, 0.29) is 5.56 Å². The number of hydrogen-bond acceptors (Lipinski definition) is 3. The highest BCUT2D eigenvalue weighted by Crippen LogP contribution is 2.32. The zero-order valence-electron chi connectivity index (χ0n) is 12.9. The van der Waals surface area contributed by atoms with Gasteiger partial charge in [-0.1, -0.05) is 17.8 Å². The van der Waals surface area contributed by atoms with Gasteiger partial charge in [0.25, 0.3) is 0 Å². The molecule has 1 aromatic heterocycles. The molecule has 0 amide bonds. The van der Waals surface area contributed by atoms with Gasteiger partial charge >= 0.3 is 0 Å². The fraction of sp³-hybridized carbons (Fsp3) is 0.353. The van der Waals surface area contributed by atoms with Crippen molar-refractivity contribution in [2.45, 2.75) is 44.1 Å². The first-order valence-electron chi connectivity index (χ1n) is 7.06. The Kier molecular flexibility index (Phi) is 5.26. The third-order valence-electron chi connectivity index (χ3n) is 3.20. The van der Waals surface area contributed by atoms with E-state index >= 15 is 0 Å². The number of H-pyrrole nitrogens is 1. The Labute approximate surface area is 129 Å². The van der Waals surface area contributed by atoms with Crippen molar-refractivity contribution < 1.29 is 4.74 Å². The number of aromatic nitrogens is 1. The number of hydrogen-bond donors (Lipinski definition) is 1. The van der Waals surface area contributed by atoms with Crippen molar-refractivity contribution >= 4 is 11.8 Å². The van der Waals surface area contributed by atoms with Crippen molar-refractivity contribution in [3.05, 3.63) is 57.0 Å². The zero-order valence-corrected chi connectivity index (χ0v) is 13.8. The minimum absolute atomic E-state index is 0.0698. The summed E-state index contributed by atoms with van der Waals surface area (Å²) in [4.78, 5) is 16.7. The lowest BCUT2D eigenvalue weighted by Crippen LogP contribution is -2.11. The van der Waals surface area contributed by atoms with Gasteiger partial charge in [0, 0.05) is 33.7 Å². The molecule has 21 heavy (non-hydrogen) atoms. The number of benzene rings is 1. The fourth-order valence-electron chi connectivity index (χ4n) is 2.28. The number of aryl methyl sites for hydroxylation is 3. The summed E-state index contributed by atoms with van der Waals surface area (Å²) >= 11 is 1.62. The van der Waals surface area contributed by atoms with Gasteiger partial charge in [0.1, 0.15) is 0 Å². The van der Waals surface area contributed by atoms with Crippen molar-refractivity contribution in [2.24, 2.45) is 0 Å². The first-order chi connectivity index (χ1) is 9.99. The largest absolute Gasteiger partial charge is 0.377 e.